The molecule has 2 unspecified atom stereocenters. The highest BCUT2D eigenvalue weighted by atomic mass is 35.5. The molecular formula is C15H17Cl2NO2. The molecule has 1 aliphatic rings. The number of benzene rings is 1. The van der Waals surface area contributed by atoms with Crippen LogP contribution in [0.25, 0.3) is 6.08 Å². The molecule has 1 heterocycles. The summed E-state index contributed by atoms with van der Waals surface area (Å²) in [5.74, 6) is 0.0183. The second-order valence-corrected chi connectivity index (χ2v) is 5.90. The van der Waals surface area contributed by atoms with E-state index in [1.165, 1.54) is 6.08 Å². The third-order valence-corrected chi connectivity index (χ3v) is 4.22. The number of rotatable bonds is 2. The Labute approximate surface area is 128 Å². The summed E-state index contributed by atoms with van der Waals surface area (Å²) in [5.41, 5.74) is 0.647. The third-order valence-electron chi connectivity index (χ3n) is 3.56. The van der Waals surface area contributed by atoms with Crippen LogP contribution in [-0.2, 0) is 4.79 Å². The number of nitrogens with zero attached hydrogens (tertiary/aromatic N) is 1. The van der Waals surface area contributed by atoms with Crippen molar-refractivity contribution in [1.82, 2.24) is 4.90 Å². The highest BCUT2D eigenvalue weighted by molar-refractivity contribution is 6.37. The van der Waals surface area contributed by atoms with E-state index in [1.54, 1.807) is 29.2 Å². The molecule has 3 nitrogen and oxygen atoms in total. The number of aliphatic hydroxyl groups excluding tert-OH is 1. The molecular weight excluding hydrogens is 297 g/mol. The zero-order valence-electron chi connectivity index (χ0n) is 11.2. The molecule has 1 aromatic rings. The van der Waals surface area contributed by atoms with Crippen molar-refractivity contribution in [2.24, 2.45) is 5.92 Å². The van der Waals surface area contributed by atoms with Crippen molar-refractivity contribution in [3.05, 3.63) is 39.9 Å². The minimum Gasteiger partial charge on any atom is -0.393 e. The van der Waals surface area contributed by atoms with Crippen LogP contribution in [0, 0.1) is 5.92 Å². The van der Waals surface area contributed by atoms with Crippen molar-refractivity contribution >= 4 is 35.2 Å². The maximum Gasteiger partial charge on any atom is 0.246 e. The van der Waals surface area contributed by atoms with Crippen LogP contribution in [0.5, 0.6) is 0 Å². The Bertz CT molecular complexity index is 510. The molecule has 1 aliphatic heterocycles. The van der Waals surface area contributed by atoms with Gasteiger partial charge in [-0.3, -0.25) is 4.79 Å². The van der Waals surface area contributed by atoms with Crippen LogP contribution < -0.4 is 0 Å². The van der Waals surface area contributed by atoms with E-state index in [0.717, 1.165) is 0 Å². The Morgan fingerprint density at radius 1 is 1.40 bits per heavy atom. The van der Waals surface area contributed by atoms with E-state index in [4.69, 9.17) is 23.2 Å². The number of halogens is 2. The molecule has 2 atom stereocenters. The SMILES string of the molecule is CC1CN(C(=O)/C=C/c2c(Cl)cccc2Cl)CCC1O. The number of carbonyl (C=O) groups excluding carboxylic acids is 1. The van der Waals surface area contributed by atoms with Crippen LogP contribution in [0.2, 0.25) is 10.0 Å². The lowest BCUT2D eigenvalue weighted by Crippen LogP contribution is -2.44. The lowest BCUT2D eigenvalue weighted by atomic mass is 9.97. The van der Waals surface area contributed by atoms with Crippen LogP contribution in [0.1, 0.15) is 18.9 Å². The Hall–Kier alpha value is -1.03. The fraction of sp³-hybridized carbons (Fsp3) is 0.400. The van der Waals surface area contributed by atoms with Crippen molar-refractivity contribution in [2.75, 3.05) is 13.1 Å². The van der Waals surface area contributed by atoms with Crippen LogP contribution in [0.3, 0.4) is 0 Å². The van der Waals surface area contributed by atoms with Gasteiger partial charge in [-0.2, -0.15) is 0 Å². The Morgan fingerprint density at radius 3 is 2.65 bits per heavy atom. The summed E-state index contributed by atoms with van der Waals surface area (Å²) in [6.07, 6.45) is 3.43. The van der Waals surface area contributed by atoms with Gasteiger partial charge in [0.1, 0.15) is 0 Å². The summed E-state index contributed by atoms with van der Waals surface area (Å²) >= 11 is 12.1. The molecule has 0 saturated carbocycles. The highest BCUT2D eigenvalue weighted by Gasteiger charge is 2.26. The average Bonchev–Trinajstić information content (AvgIpc) is 2.41. The Kier molecular flexibility index (Phi) is 5.08. The molecule has 0 aromatic heterocycles. The van der Waals surface area contributed by atoms with Crippen molar-refractivity contribution in [2.45, 2.75) is 19.4 Å². The first-order chi connectivity index (χ1) is 9.49. The van der Waals surface area contributed by atoms with E-state index < -0.39 is 0 Å². The smallest absolute Gasteiger partial charge is 0.246 e. The summed E-state index contributed by atoms with van der Waals surface area (Å²) in [6.45, 7) is 3.09. The molecule has 1 fully saturated rings. The summed E-state index contributed by atoms with van der Waals surface area (Å²) in [6, 6.07) is 5.23. The first kappa shape index (κ1) is 15.4. The van der Waals surface area contributed by atoms with Crippen LogP contribution in [0.15, 0.2) is 24.3 Å². The molecule has 0 spiro atoms. The average molecular weight is 314 g/mol. The maximum absolute atomic E-state index is 12.1. The lowest BCUT2D eigenvalue weighted by Gasteiger charge is -2.33. The fourth-order valence-corrected chi connectivity index (χ4v) is 2.79. The van der Waals surface area contributed by atoms with Crippen LogP contribution in [0.4, 0.5) is 0 Å². The van der Waals surface area contributed by atoms with E-state index in [2.05, 4.69) is 0 Å². The monoisotopic (exact) mass is 313 g/mol. The number of hydrogen-bond donors (Lipinski definition) is 1. The lowest BCUT2D eigenvalue weighted by molar-refractivity contribution is -0.129. The van der Waals surface area contributed by atoms with Crippen molar-refractivity contribution in [3.63, 3.8) is 0 Å². The summed E-state index contributed by atoms with van der Waals surface area (Å²) < 4.78 is 0. The van der Waals surface area contributed by atoms with Gasteiger partial charge in [-0.15, -0.1) is 0 Å². The molecule has 1 saturated heterocycles. The van der Waals surface area contributed by atoms with E-state index in [0.29, 0.717) is 35.1 Å². The van der Waals surface area contributed by atoms with Gasteiger partial charge in [-0.1, -0.05) is 36.2 Å². The first-order valence-corrected chi connectivity index (χ1v) is 7.33. The molecule has 5 heteroatoms. The summed E-state index contributed by atoms with van der Waals surface area (Å²) in [7, 11) is 0. The zero-order valence-corrected chi connectivity index (χ0v) is 12.7. The number of hydrogen-bond acceptors (Lipinski definition) is 2. The van der Waals surface area contributed by atoms with Gasteiger partial charge in [0.05, 0.1) is 6.10 Å². The predicted octanol–water partition coefficient (Wildman–Crippen LogP) is 3.24. The molecule has 1 N–H and O–H groups in total. The van der Waals surface area contributed by atoms with Gasteiger partial charge in [0, 0.05) is 34.8 Å². The van der Waals surface area contributed by atoms with Gasteiger partial charge in [0.2, 0.25) is 5.91 Å². The molecule has 0 radical (unpaired) electrons. The van der Waals surface area contributed by atoms with Gasteiger partial charge in [-0.05, 0) is 30.5 Å². The Morgan fingerprint density at radius 2 is 2.05 bits per heavy atom. The van der Waals surface area contributed by atoms with Gasteiger partial charge in [-0.25, -0.2) is 0 Å². The van der Waals surface area contributed by atoms with Crippen LogP contribution >= 0.6 is 23.2 Å². The number of carbonyl (C=O) groups is 1. The second-order valence-electron chi connectivity index (χ2n) is 5.09. The van der Waals surface area contributed by atoms with Gasteiger partial charge < -0.3 is 10.0 Å². The van der Waals surface area contributed by atoms with E-state index >= 15 is 0 Å². The number of amides is 1. The minimum atomic E-state index is -0.318. The van der Waals surface area contributed by atoms with E-state index in [-0.39, 0.29) is 17.9 Å². The maximum atomic E-state index is 12.1. The van der Waals surface area contributed by atoms with Crippen molar-refractivity contribution in [3.8, 4) is 0 Å². The summed E-state index contributed by atoms with van der Waals surface area (Å²) in [4.78, 5) is 13.9. The third kappa shape index (κ3) is 3.54. The quantitative estimate of drug-likeness (QED) is 0.852. The summed E-state index contributed by atoms with van der Waals surface area (Å²) in [5, 5.41) is 10.7. The zero-order chi connectivity index (χ0) is 14.7. The molecule has 0 bridgehead atoms. The van der Waals surface area contributed by atoms with Crippen molar-refractivity contribution < 1.29 is 9.90 Å². The van der Waals surface area contributed by atoms with E-state index in [1.807, 2.05) is 6.92 Å². The predicted molar refractivity (Wildman–Crippen MR) is 81.9 cm³/mol. The fourth-order valence-electron chi connectivity index (χ4n) is 2.26. The molecule has 20 heavy (non-hydrogen) atoms. The topological polar surface area (TPSA) is 40.5 Å². The standard InChI is InChI=1S/C15H17Cl2NO2/c1-10-9-18(8-7-14(10)19)15(20)6-5-11-12(16)3-2-4-13(11)17/h2-6,10,14,19H,7-9H2,1H3/b6-5+. The van der Waals surface area contributed by atoms with Gasteiger partial charge >= 0.3 is 0 Å². The first-order valence-electron chi connectivity index (χ1n) is 6.58. The number of aliphatic hydroxyl groups is 1. The van der Waals surface area contributed by atoms with Crippen molar-refractivity contribution in [1.29, 1.82) is 0 Å². The normalized spacial score (nSPS) is 23.3. The van der Waals surface area contributed by atoms with E-state index in [9.17, 15) is 9.90 Å². The number of piperidine rings is 1. The minimum absolute atomic E-state index is 0.0836. The van der Waals surface area contributed by atoms with Gasteiger partial charge in [0.25, 0.3) is 0 Å². The molecule has 2 rings (SSSR count). The second kappa shape index (κ2) is 6.61. The number of likely N-dealkylation sites (tertiary alicyclic amines) is 1. The molecule has 0 aliphatic carbocycles. The van der Waals surface area contributed by atoms with Crippen LogP contribution in [-0.4, -0.2) is 35.1 Å². The Balaban J connectivity index is 2.06. The molecule has 108 valence electrons. The van der Waals surface area contributed by atoms with Gasteiger partial charge in [0.15, 0.2) is 0 Å². The molecule has 1 aromatic carbocycles. The largest absolute Gasteiger partial charge is 0.393 e. The molecule has 1 amide bonds. The highest BCUT2D eigenvalue weighted by Crippen LogP contribution is 2.25.